The molecule has 0 aliphatic carbocycles. The first-order chi connectivity index (χ1) is 13.1. The van der Waals surface area contributed by atoms with Gasteiger partial charge in [-0.15, -0.1) is 0 Å². The standard InChI is InChI=1S/C23H31NO5/c1-11-16(20(26)27)18(17(21(28)29)12(2)24-11)13-9-14(22(3,4)5)19(25)15(10-13)23(6,7)8/h9-10,18,24-25H,1-8H3,(H,26,27)(H,28,29). The number of hydrogen-bond acceptors (Lipinski definition) is 4. The van der Waals surface area contributed by atoms with Crippen LogP contribution in [0.15, 0.2) is 34.7 Å². The van der Waals surface area contributed by atoms with Crippen LogP contribution in [0.4, 0.5) is 0 Å². The molecule has 0 aromatic heterocycles. The Hall–Kier alpha value is -2.76. The summed E-state index contributed by atoms with van der Waals surface area (Å²) in [6, 6.07) is 3.49. The molecule has 4 N–H and O–H groups in total. The zero-order valence-corrected chi connectivity index (χ0v) is 18.4. The van der Waals surface area contributed by atoms with Crippen molar-refractivity contribution in [1.29, 1.82) is 0 Å². The maximum Gasteiger partial charge on any atom is 0.334 e. The number of allylic oxidation sites excluding steroid dienone is 2. The van der Waals surface area contributed by atoms with Crippen LogP contribution in [0.25, 0.3) is 0 Å². The van der Waals surface area contributed by atoms with Gasteiger partial charge in [0.15, 0.2) is 0 Å². The number of carbonyl (C=O) groups is 2. The van der Waals surface area contributed by atoms with Crippen molar-refractivity contribution < 1.29 is 24.9 Å². The molecule has 2 rings (SSSR count). The molecule has 0 saturated heterocycles. The van der Waals surface area contributed by atoms with E-state index in [1.165, 1.54) is 0 Å². The molecule has 1 aromatic rings. The topological polar surface area (TPSA) is 107 Å². The van der Waals surface area contributed by atoms with Crippen molar-refractivity contribution >= 4 is 11.9 Å². The van der Waals surface area contributed by atoms with E-state index in [4.69, 9.17) is 0 Å². The van der Waals surface area contributed by atoms with E-state index in [1.54, 1.807) is 26.0 Å². The number of nitrogens with one attached hydrogen (secondary N) is 1. The first-order valence-electron chi connectivity index (χ1n) is 9.60. The number of carboxylic acid groups (broad SMARTS) is 2. The fourth-order valence-electron chi connectivity index (χ4n) is 3.86. The van der Waals surface area contributed by atoms with Crippen LogP contribution in [0.1, 0.15) is 78.0 Å². The van der Waals surface area contributed by atoms with E-state index >= 15 is 0 Å². The van der Waals surface area contributed by atoms with Crippen LogP contribution in [0.2, 0.25) is 0 Å². The van der Waals surface area contributed by atoms with Gasteiger partial charge in [0.25, 0.3) is 0 Å². The summed E-state index contributed by atoms with van der Waals surface area (Å²) < 4.78 is 0. The van der Waals surface area contributed by atoms with Gasteiger partial charge >= 0.3 is 11.9 Å². The van der Waals surface area contributed by atoms with Gasteiger partial charge < -0.3 is 20.6 Å². The van der Waals surface area contributed by atoms with E-state index < -0.39 is 28.7 Å². The highest BCUT2D eigenvalue weighted by Crippen LogP contribution is 2.45. The van der Waals surface area contributed by atoms with Crippen molar-refractivity contribution in [2.75, 3.05) is 0 Å². The molecule has 1 aromatic carbocycles. The summed E-state index contributed by atoms with van der Waals surface area (Å²) in [5.74, 6) is -3.13. The second-order valence-corrected chi connectivity index (χ2v) is 9.71. The van der Waals surface area contributed by atoms with E-state index in [9.17, 15) is 24.9 Å². The fourth-order valence-corrected chi connectivity index (χ4v) is 3.86. The number of carboxylic acids is 2. The normalized spacial score (nSPS) is 16.1. The molecule has 6 heteroatoms. The van der Waals surface area contributed by atoms with E-state index in [2.05, 4.69) is 5.32 Å². The summed E-state index contributed by atoms with van der Waals surface area (Å²) in [4.78, 5) is 24.2. The minimum absolute atomic E-state index is 0.00147. The molecule has 1 heterocycles. The minimum Gasteiger partial charge on any atom is -0.507 e. The van der Waals surface area contributed by atoms with Crippen LogP contribution < -0.4 is 5.32 Å². The summed E-state index contributed by atoms with van der Waals surface area (Å²) in [5.41, 5.74) is 1.84. The minimum atomic E-state index is -1.17. The molecule has 29 heavy (non-hydrogen) atoms. The molecule has 0 unspecified atom stereocenters. The molecule has 0 saturated carbocycles. The van der Waals surface area contributed by atoms with Crippen molar-refractivity contribution in [1.82, 2.24) is 5.32 Å². The number of aliphatic carboxylic acids is 2. The smallest absolute Gasteiger partial charge is 0.334 e. The van der Waals surface area contributed by atoms with Gasteiger partial charge in [-0.1, -0.05) is 53.7 Å². The summed E-state index contributed by atoms with van der Waals surface area (Å²) in [6.45, 7) is 15.0. The predicted molar refractivity (Wildman–Crippen MR) is 112 cm³/mol. The molecule has 0 spiro atoms. The summed E-state index contributed by atoms with van der Waals surface area (Å²) in [7, 11) is 0. The lowest BCUT2D eigenvalue weighted by Crippen LogP contribution is -2.31. The van der Waals surface area contributed by atoms with Gasteiger partial charge in [0, 0.05) is 11.4 Å². The predicted octanol–water partition coefficient (Wildman–Crippen LogP) is 4.39. The molecule has 1 aliphatic heterocycles. The number of phenolic OH excluding ortho intramolecular Hbond substituents is 1. The van der Waals surface area contributed by atoms with Crippen molar-refractivity contribution in [2.24, 2.45) is 0 Å². The lowest BCUT2D eigenvalue weighted by atomic mass is 9.73. The van der Waals surface area contributed by atoms with Crippen LogP contribution in [0, 0.1) is 0 Å². The number of benzene rings is 1. The number of aromatic hydroxyl groups is 1. The van der Waals surface area contributed by atoms with Gasteiger partial charge in [0.05, 0.1) is 17.1 Å². The molecule has 0 amide bonds. The molecule has 0 atom stereocenters. The van der Waals surface area contributed by atoms with Gasteiger partial charge in [-0.25, -0.2) is 9.59 Å². The second kappa shape index (κ2) is 7.25. The Morgan fingerprint density at radius 1 is 0.828 bits per heavy atom. The highest BCUT2D eigenvalue weighted by atomic mass is 16.4. The number of phenols is 1. The van der Waals surface area contributed by atoms with E-state index in [0.717, 1.165) is 0 Å². The molecule has 0 fully saturated rings. The lowest BCUT2D eigenvalue weighted by Gasteiger charge is -2.32. The average molecular weight is 402 g/mol. The molecule has 0 bridgehead atoms. The Kier molecular flexibility index (Phi) is 5.63. The summed E-state index contributed by atoms with van der Waals surface area (Å²) in [5, 5.41) is 33.6. The SMILES string of the molecule is CC1=C(C(=O)O)C(c2cc(C(C)(C)C)c(O)c(C(C)(C)C)c2)C(C(=O)O)=C(C)N1. The summed E-state index contributed by atoms with van der Waals surface area (Å²) in [6.07, 6.45) is 0. The lowest BCUT2D eigenvalue weighted by molar-refractivity contribution is -0.133. The zero-order valence-electron chi connectivity index (χ0n) is 18.4. The third kappa shape index (κ3) is 4.16. The van der Waals surface area contributed by atoms with E-state index in [1.807, 2.05) is 41.5 Å². The largest absolute Gasteiger partial charge is 0.507 e. The van der Waals surface area contributed by atoms with E-state index in [0.29, 0.717) is 28.1 Å². The first kappa shape index (κ1) is 22.5. The molecule has 0 radical (unpaired) electrons. The highest BCUT2D eigenvalue weighted by Gasteiger charge is 2.38. The van der Waals surface area contributed by atoms with Crippen LogP contribution in [-0.2, 0) is 20.4 Å². The third-order valence-electron chi connectivity index (χ3n) is 5.30. The number of dihydropyridines is 1. The van der Waals surface area contributed by atoms with Gasteiger partial charge in [-0.05, 0) is 41.4 Å². The highest BCUT2D eigenvalue weighted by molar-refractivity contribution is 5.98. The Balaban J connectivity index is 2.96. The number of hydrogen-bond donors (Lipinski definition) is 4. The van der Waals surface area contributed by atoms with Crippen molar-refractivity contribution in [3.63, 3.8) is 0 Å². The maximum atomic E-state index is 12.1. The molecular weight excluding hydrogens is 370 g/mol. The Bertz CT molecular complexity index is 868. The van der Waals surface area contributed by atoms with Crippen LogP contribution in [-0.4, -0.2) is 27.3 Å². The van der Waals surface area contributed by atoms with Crippen molar-refractivity contribution in [3.05, 3.63) is 51.4 Å². The van der Waals surface area contributed by atoms with E-state index in [-0.39, 0.29) is 16.9 Å². The average Bonchev–Trinajstić information content (AvgIpc) is 2.51. The Morgan fingerprint density at radius 3 is 1.45 bits per heavy atom. The summed E-state index contributed by atoms with van der Waals surface area (Å²) >= 11 is 0. The van der Waals surface area contributed by atoms with Crippen LogP contribution in [0.5, 0.6) is 5.75 Å². The molecule has 1 aliphatic rings. The second-order valence-electron chi connectivity index (χ2n) is 9.71. The molecular formula is C23H31NO5. The Labute approximate surface area is 172 Å². The first-order valence-corrected chi connectivity index (χ1v) is 9.60. The van der Waals surface area contributed by atoms with Crippen molar-refractivity contribution in [2.45, 2.75) is 72.1 Å². The van der Waals surface area contributed by atoms with Crippen molar-refractivity contribution in [3.8, 4) is 5.75 Å². The molecule has 158 valence electrons. The van der Waals surface area contributed by atoms with Gasteiger partial charge in [0.2, 0.25) is 0 Å². The van der Waals surface area contributed by atoms with Crippen LogP contribution in [0.3, 0.4) is 0 Å². The number of rotatable bonds is 3. The quantitative estimate of drug-likeness (QED) is 0.598. The Morgan fingerprint density at radius 2 is 1.17 bits per heavy atom. The van der Waals surface area contributed by atoms with Gasteiger partial charge in [-0.2, -0.15) is 0 Å². The maximum absolute atomic E-state index is 12.1. The monoisotopic (exact) mass is 401 g/mol. The third-order valence-corrected chi connectivity index (χ3v) is 5.30. The van der Waals surface area contributed by atoms with Gasteiger partial charge in [0.1, 0.15) is 5.75 Å². The fraction of sp³-hybridized carbons (Fsp3) is 0.478. The molecule has 6 nitrogen and oxygen atoms in total. The van der Waals surface area contributed by atoms with Crippen LogP contribution >= 0.6 is 0 Å². The van der Waals surface area contributed by atoms with Gasteiger partial charge in [-0.3, -0.25) is 0 Å². The zero-order chi connectivity index (χ0) is 22.5.